The van der Waals surface area contributed by atoms with E-state index in [9.17, 15) is 4.79 Å². The molecule has 0 bridgehead atoms. The third kappa shape index (κ3) is 3.03. The molecular formula is C12H21ClN4O. The average Bonchev–Trinajstić information content (AvgIpc) is 2.55. The van der Waals surface area contributed by atoms with Crippen LogP contribution in [0.5, 0.6) is 0 Å². The van der Waals surface area contributed by atoms with Crippen LogP contribution in [-0.2, 0) is 7.05 Å². The minimum absolute atomic E-state index is 0. The van der Waals surface area contributed by atoms with Gasteiger partial charge in [0.1, 0.15) is 0 Å². The fraction of sp³-hybridized carbons (Fsp3) is 0.667. The molecule has 1 aliphatic rings. The molecule has 1 fully saturated rings. The molecule has 1 aromatic rings. The van der Waals surface area contributed by atoms with E-state index in [4.69, 9.17) is 0 Å². The van der Waals surface area contributed by atoms with Crippen molar-refractivity contribution in [1.82, 2.24) is 20.0 Å². The molecule has 1 aliphatic heterocycles. The second kappa shape index (κ2) is 5.71. The van der Waals surface area contributed by atoms with Crippen LogP contribution >= 0.6 is 12.4 Å². The third-order valence-corrected chi connectivity index (χ3v) is 3.09. The minimum atomic E-state index is 0. The summed E-state index contributed by atoms with van der Waals surface area (Å²) < 4.78 is 1.69. The molecule has 2 unspecified atom stereocenters. The van der Waals surface area contributed by atoms with Gasteiger partial charge in [-0.25, -0.2) is 0 Å². The lowest BCUT2D eigenvalue weighted by atomic mass is 10.1. The molecule has 0 aromatic carbocycles. The van der Waals surface area contributed by atoms with E-state index in [-0.39, 0.29) is 18.3 Å². The van der Waals surface area contributed by atoms with Crippen LogP contribution in [0.4, 0.5) is 0 Å². The number of nitrogens with zero attached hydrogens (tertiary/aromatic N) is 3. The van der Waals surface area contributed by atoms with Crippen LogP contribution in [0.15, 0.2) is 6.20 Å². The highest BCUT2D eigenvalue weighted by atomic mass is 35.5. The SMILES string of the molecule is Cc1nn(C)cc1C(=O)N1CC(C)NC(C)C1.Cl. The van der Waals surface area contributed by atoms with E-state index >= 15 is 0 Å². The van der Waals surface area contributed by atoms with Crippen molar-refractivity contribution in [3.05, 3.63) is 17.5 Å². The van der Waals surface area contributed by atoms with Crippen LogP contribution in [0.1, 0.15) is 29.9 Å². The van der Waals surface area contributed by atoms with Gasteiger partial charge in [0, 0.05) is 38.4 Å². The molecule has 2 atom stereocenters. The molecule has 0 saturated carbocycles. The first-order valence-electron chi connectivity index (χ1n) is 6.03. The molecule has 5 nitrogen and oxygen atoms in total. The minimum Gasteiger partial charge on any atom is -0.335 e. The number of nitrogens with one attached hydrogen (secondary N) is 1. The first-order chi connectivity index (χ1) is 7.97. The van der Waals surface area contributed by atoms with Crippen LogP contribution in [0.3, 0.4) is 0 Å². The summed E-state index contributed by atoms with van der Waals surface area (Å²) in [6, 6.07) is 0.694. The second-order valence-corrected chi connectivity index (χ2v) is 4.98. The van der Waals surface area contributed by atoms with Gasteiger partial charge < -0.3 is 10.2 Å². The summed E-state index contributed by atoms with van der Waals surface area (Å²) in [5.41, 5.74) is 1.52. The van der Waals surface area contributed by atoms with Crippen LogP contribution in [0.2, 0.25) is 0 Å². The van der Waals surface area contributed by atoms with Gasteiger partial charge in [0.05, 0.1) is 11.3 Å². The van der Waals surface area contributed by atoms with E-state index < -0.39 is 0 Å². The number of aromatic nitrogens is 2. The van der Waals surface area contributed by atoms with Gasteiger partial charge >= 0.3 is 0 Å². The number of aryl methyl sites for hydroxylation is 2. The number of hydrogen-bond acceptors (Lipinski definition) is 3. The summed E-state index contributed by atoms with van der Waals surface area (Å²) >= 11 is 0. The normalized spacial score (nSPS) is 23.7. The maximum Gasteiger partial charge on any atom is 0.257 e. The van der Waals surface area contributed by atoms with E-state index in [1.807, 2.05) is 18.9 Å². The van der Waals surface area contributed by atoms with Crippen molar-refractivity contribution in [2.75, 3.05) is 13.1 Å². The van der Waals surface area contributed by atoms with Gasteiger partial charge in [-0.15, -0.1) is 12.4 Å². The summed E-state index contributed by atoms with van der Waals surface area (Å²) in [7, 11) is 1.84. The number of rotatable bonds is 1. The van der Waals surface area contributed by atoms with E-state index in [0.29, 0.717) is 17.6 Å². The molecule has 6 heteroatoms. The molecule has 0 radical (unpaired) electrons. The Morgan fingerprint density at radius 3 is 2.39 bits per heavy atom. The van der Waals surface area contributed by atoms with Crippen molar-refractivity contribution in [3.8, 4) is 0 Å². The Balaban J connectivity index is 0.00000162. The van der Waals surface area contributed by atoms with Crippen molar-refractivity contribution >= 4 is 18.3 Å². The van der Waals surface area contributed by atoms with Gasteiger partial charge in [-0.3, -0.25) is 9.48 Å². The standard InChI is InChI=1S/C12H20N4O.ClH/c1-8-5-16(6-9(2)13-8)12(17)11-7-15(4)14-10(11)3;/h7-9,13H,5-6H2,1-4H3;1H. The molecule has 1 amide bonds. The van der Waals surface area contributed by atoms with Crippen molar-refractivity contribution in [3.63, 3.8) is 0 Å². The molecular weight excluding hydrogens is 252 g/mol. The molecule has 18 heavy (non-hydrogen) atoms. The maximum atomic E-state index is 12.4. The van der Waals surface area contributed by atoms with Crippen molar-refractivity contribution in [2.24, 2.45) is 7.05 Å². The molecule has 0 spiro atoms. The number of carbonyl (C=O) groups is 1. The Labute approximate surface area is 114 Å². The van der Waals surface area contributed by atoms with Gasteiger partial charge in [-0.2, -0.15) is 5.10 Å². The number of hydrogen-bond donors (Lipinski definition) is 1. The second-order valence-electron chi connectivity index (χ2n) is 4.98. The van der Waals surface area contributed by atoms with Crippen LogP contribution in [0.25, 0.3) is 0 Å². The number of amides is 1. The molecule has 2 rings (SSSR count). The van der Waals surface area contributed by atoms with Crippen LogP contribution in [-0.4, -0.2) is 45.8 Å². The van der Waals surface area contributed by atoms with Gasteiger partial charge in [-0.05, 0) is 20.8 Å². The van der Waals surface area contributed by atoms with E-state index in [0.717, 1.165) is 18.8 Å². The lowest BCUT2D eigenvalue weighted by Crippen LogP contribution is -2.55. The van der Waals surface area contributed by atoms with Crippen LogP contribution in [0, 0.1) is 6.92 Å². The Morgan fingerprint density at radius 1 is 1.39 bits per heavy atom. The largest absolute Gasteiger partial charge is 0.335 e. The molecule has 102 valence electrons. The summed E-state index contributed by atoms with van der Waals surface area (Å²) in [5.74, 6) is 0.0933. The van der Waals surface area contributed by atoms with Crippen molar-refractivity contribution < 1.29 is 4.79 Å². The fourth-order valence-electron chi connectivity index (χ4n) is 2.47. The van der Waals surface area contributed by atoms with Gasteiger partial charge in [-0.1, -0.05) is 0 Å². The highest BCUT2D eigenvalue weighted by Gasteiger charge is 2.27. The molecule has 2 heterocycles. The third-order valence-electron chi connectivity index (χ3n) is 3.09. The lowest BCUT2D eigenvalue weighted by molar-refractivity contribution is 0.0673. The Morgan fingerprint density at radius 2 is 1.94 bits per heavy atom. The monoisotopic (exact) mass is 272 g/mol. The van der Waals surface area contributed by atoms with Gasteiger partial charge in [0.2, 0.25) is 0 Å². The summed E-state index contributed by atoms with van der Waals surface area (Å²) in [6.07, 6.45) is 1.80. The summed E-state index contributed by atoms with van der Waals surface area (Å²) in [6.45, 7) is 7.61. The number of halogens is 1. The van der Waals surface area contributed by atoms with Gasteiger partial charge in [0.15, 0.2) is 0 Å². The maximum absolute atomic E-state index is 12.4. The first kappa shape index (κ1) is 15.0. The topological polar surface area (TPSA) is 50.2 Å². The zero-order valence-corrected chi connectivity index (χ0v) is 12.1. The molecule has 1 saturated heterocycles. The summed E-state index contributed by atoms with van der Waals surface area (Å²) in [4.78, 5) is 14.3. The Kier molecular flexibility index (Phi) is 4.76. The van der Waals surface area contributed by atoms with Crippen LogP contribution < -0.4 is 5.32 Å². The highest BCUT2D eigenvalue weighted by Crippen LogP contribution is 2.12. The van der Waals surface area contributed by atoms with E-state index in [1.165, 1.54) is 0 Å². The smallest absolute Gasteiger partial charge is 0.257 e. The predicted octanol–water partition coefficient (Wildman–Crippen LogP) is 0.973. The van der Waals surface area contributed by atoms with Crippen molar-refractivity contribution in [1.29, 1.82) is 0 Å². The van der Waals surface area contributed by atoms with E-state index in [2.05, 4.69) is 24.3 Å². The van der Waals surface area contributed by atoms with E-state index in [1.54, 1.807) is 10.9 Å². The Hall–Kier alpha value is -1.07. The lowest BCUT2D eigenvalue weighted by Gasteiger charge is -2.36. The fourth-order valence-corrected chi connectivity index (χ4v) is 2.47. The predicted molar refractivity (Wildman–Crippen MR) is 73.2 cm³/mol. The molecule has 1 aromatic heterocycles. The quantitative estimate of drug-likeness (QED) is 0.829. The Bertz CT molecular complexity index is 422. The summed E-state index contributed by atoms with van der Waals surface area (Å²) in [5, 5.41) is 7.64. The number of carbonyl (C=O) groups excluding carboxylic acids is 1. The molecule has 0 aliphatic carbocycles. The molecule has 1 N–H and O–H groups in total. The number of piperazine rings is 1. The highest BCUT2D eigenvalue weighted by molar-refractivity contribution is 5.95. The zero-order chi connectivity index (χ0) is 12.6. The first-order valence-corrected chi connectivity index (χ1v) is 6.03. The average molecular weight is 273 g/mol. The van der Waals surface area contributed by atoms with Crippen molar-refractivity contribution in [2.45, 2.75) is 32.9 Å². The zero-order valence-electron chi connectivity index (χ0n) is 11.3. The van der Waals surface area contributed by atoms with Gasteiger partial charge in [0.25, 0.3) is 5.91 Å².